The second-order valence-corrected chi connectivity index (χ2v) is 7.99. The molecule has 1 fully saturated rings. The Kier molecular flexibility index (Phi) is 5.23. The van der Waals surface area contributed by atoms with Gasteiger partial charge in [0.05, 0.1) is 12.2 Å². The molecule has 1 aliphatic rings. The Bertz CT molecular complexity index is 1210. The van der Waals surface area contributed by atoms with E-state index < -0.39 is 0 Å². The molecule has 0 atom stereocenters. The number of hydrogen-bond donors (Lipinski definition) is 0. The Morgan fingerprint density at radius 3 is 2.48 bits per heavy atom. The van der Waals surface area contributed by atoms with Gasteiger partial charge in [0.15, 0.2) is 0 Å². The van der Waals surface area contributed by atoms with Gasteiger partial charge >= 0.3 is 0 Å². The largest absolute Gasteiger partial charge is 0.357 e. The van der Waals surface area contributed by atoms with Crippen LogP contribution in [0, 0.1) is 5.82 Å². The molecule has 3 aromatic carbocycles. The van der Waals surface area contributed by atoms with Crippen molar-refractivity contribution in [3.63, 3.8) is 0 Å². The molecule has 0 N–H and O–H groups in total. The fraction of sp³-hybridized carbons (Fsp3) is 0.148. The maximum absolute atomic E-state index is 13.1. The molecule has 0 aliphatic carbocycles. The molecule has 0 bridgehead atoms. The standard InChI is InChI=1S/C27H24FN3/c1-20(31-17-16-30(19-31)18-21-7-13-25(28)14-8-21)22-9-11-23(12-10-22)26-6-2-4-24-5-3-15-29-27(24)26/h2-15H,1,16-19H2. The fourth-order valence-electron chi connectivity index (χ4n) is 4.20. The highest BCUT2D eigenvalue weighted by molar-refractivity contribution is 5.93. The van der Waals surface area contributed by atoms with Crippen molar-refractivity contribution >= 4 is 16.6 Å². The zero-order chi connectivity index (χ0) is 21.2. The zero-order valence-electron chi connectivity index (χ0n) is 17.3. The third-order valence-corrected chi connectivity index (χ3v) is 5.92. The molecule has 1 aromatic heterocycles. The number of aromatic nitrogens is 1. The van der Waals surface area contributed by atoms with Gasteiger partial charge in [-0.3, -0.25) is 9.88 Å². The van der Waals surface area contributed by atoms with Crippen molar-refractivity contribution in [3.05, 3.63) is 109 Å². The van der Waals surface area contributed by atoms with Crippen molar-refractivity contribution in [3.8, 4) is 11.1 Å². The number of para-hydroxylation sites is 1. The summed E-state index contributed by atoms with van der Waals surface area (Å²) in [6.45, 7) is 7.90. The minimum absolute atomic E-state index is 0.192. The number of hydrogen-bond acceptors (Lipinski definition) is 3. The number of pyridine rings is 1. The summed E-state index contributed by atoms with van der Waals surface area (Å²) in [5.41, 5.74) is 6.60. The van der Waals surface area contributed by atoms with Crippen molar-refractivity contribution in [1.82, 2.24) is 14.8 Å². The molecule has 0 saturated carbocycles. The molecule has 154 valence electrons. The van der Waals surface area contributed by atoms with Crippen LogP contribution in [0.1, 0.15) is 11.1 Å². The minimum Gasteiger partial charge on any atom is -0.357 e. The third-order valence-electron chi connectivity index (χ3n) is 5.92. The van der Waals surface area contributed by atoms with Gasteiger partial charge in [-0.25, -0.2) is 4.39 Å². The first-order valence-corrected chi connectivity index (χ1v) is 10.5. The summed E-state index contributed by atoms with van der Waals surface area (Å²) in [6.07, 6.45) is 1.84. The van der Waals surface area contributed by atoms with Crippen LogP contribution >= 0.6 is 0 Å². The third kappa shape index (κ3) is 4.07. The molecule has 0 amide bonds. The number of fused-ring (bicyclic) bond motifs is 1. The lowest BCUT2D eigenvalue weighted by Gasteiger charge is -2.22. The van der Waals surface area contributed by atoms with Gasteiger partial charge in [0, 0.05) is 42.5 Å². The molecule has 31 heavy (non-hydrogen) atoms. The topological polar surface area (TPSA) is 19.4 Å². The second kappa shape index (κ2) is 8.32. The van der Waals surface area contributed by atoms with Crippen LogP contribution in [0.4, 0.5) is 4.39 Å². The van der Waals surface area contributed by atoms with E-state index in [0.29, 0.717) is 0 Å². The summed E-state index contributed by atoms with van der Waals surface area (Å²) in [7, 11) is 0. The maximum atomic E-state index is 13.1. The minimum atomic E-state index is -0.192. The number of benzene rings is 3. The second-order valence-electron chi connectivity index (χ2n) is 7.99. The first-order chi connectivity index (χ1) is 15.2. The SMILES string of the molecule is C=C(c1ccc(-c2cccc3cccnc23)cc1)N1CCN(Cc2ccc(F)cc2)C1. The van der Waals surface area contributed by atoms with Crippen LogP contribution in [0.5, 0.6) is 0 Å². The molecular weight excluding hydrogens is 385 g/mol. The van der Waals surface area contributed by atoms with Crippen LogP contribution in [0.3, 0.4) is 0 Å². The Labute approximate surface area is 182 Å². The lowest BCUT2D eigenvalue weighted by molar-refractivity contribution is 0.288. The highest BCUT2D eigenvalue weighted by Crippen LogP contribution is 2.29. The van der Waals surface area contributed by atoms with Crippen LogP contribution in [-0.4, -0.2) is 34.5 Å². The molecule has 2 heterocycles. The van der Waals surface area contributed by atoms with Crippen LogP contribution in [-0.2, 0) is 6.54 Å². The van der Waals surface area contributed by atoms with Gasteiger partial charge in [-0.15, -0.1) is 0 Å². The molecule has 4 aromatic rings. The van der Waals surface area contributed by atoms with Crippen molar-refractivity contribution in [2.75, 3.05) is 19.8 Å². The van der Waals surface area contributed by atoms with E-state index >= 15 is 0 Å². The van der Waals surface area contributed by atoms with Crippen molar-refractivity contribution < 1.29 is 4.39 Å². The van der Waals surface area contributed by atoms with E-state index in [2.05, 4.69) is 69.9 Å². The highest BCUT2D eigenvalue weighted by atomic mass is 19.1. The fourth-order valence-corrected chi connectivity index (χ4v) is 4.20. The van der Waals surface area contributed by atoms with E-state index in [1.54, 1.807) is 0 Å². The van der Waals surface area contributed by atoms with Gasteiger partial charge in [-0.2, -0.15) is 0 Å². The van der Waals surface area contributed by atoms with E-state index in [1.165, 1.54) is 12.1 Å². The summed E-state index contributed by atoms with van der Waals surface area (Å²) >= 11 is 0. The summed E-state index contributed by atoms with van der Waals surface area (Å²) in [5, 5.41) is 1.15. The summed E-state index contributed by atoms with van der Waals surface area (Å²) in [5.74, 6) is -0.192. The summed E-state index contributed by atoms with van der Waals surface area (Å²) in [6, 6.07) is 25.7. The highest BCUT2D eigenvalue weighted by Gasteiger charge is 2.21. The van der Waals surface area contributed by atoms with Gasteiger partial charge < -0.3 is 4.90 Å². The Hall–Kier alpha value is -3.50. The smallest absolute Gasteiger partial charge is 0.123 e. The van der Waals surface area contributed by atoms with E-state index in [0.717, 1.165) is 65.2 Å². The number of nitrogens with zero attached hydrogens (tertiary/aromatic N) is 3. The van der Waals surface area contributed by atoms with Crippen molar-refractivity contribution in [2.24, 2.45) is 0 Å². The van der Waals surface area contributed by atoms with Gasteiger partial charge in [-0.1, -0.05) is 67.2 Å². The van der Waals surface area contributed by atoms with Crippen molar-refractivity contribution in [2.45, 2.75) is 6.54 Å². The van der Waals surface area contributed by atoms with Crippen LogP contribution in [0.15, 0.2) is 91.6 Å². The van der Waals surface area contributed by atoms with E-state index in [-0.39, 0.29) is 5.82 Å². The van der Waals surface area contributed by atoms with Gasteiger partial charge in [0.1, 0.15) is 5.82 Å². The monoisotopic (exact) mass is 409 g/mol. The molecule has 0 radical (unpaired) electrons. The lowest BCUT2D eigenvalue weighted by atomic mass is 10.00. The number of halogens is 1. The van der Waals surface area contributed by atoms with Gasteiger partial charge in [-0.05, 0) is 34.9 Å². The van der Waals surface area contributed by atoms with E-state index in [4.69, 9.17) is 0 Å². The Balaban J connectivity index is 1.29. The summed E-state index contributed by atoms with van der Waals surface area (Å²) < 4.78 is 13.1. The van der Waals surface area contributed by atoms with Crippen LogP contribution in [0.2, 0.25) is 0 Å². The lowest BCUT2D eigenvalue weighted by Crippen LogP contribution is -2.24. The van der Waals surface area contributed by atoms with E-state index in [1.807, 2.05) is 24.4 Å². The Morgan fingerprint density at radius 2 is 1.68 bits per heavy atom. The Morgan fingerprint density at radius 1 is 0.903 bits per heavy atom. The molecule has 1 saturated heterocycles. The summed E-state index contributed by atoms with van der Waals surface area (Å²) in [4.78, 5) is 9.23. The molecular formula is C27H24FN3. The quantitative estimate of drug-likeness (QED) is 0.416. The maximum Gasteiger partial charge on any atom is 0.123 e. The van der Waals surface area contributed by atoms with Gasteiger partial charge in [0.25, 0.3) is 0 Å². The molecule has 3 nitrogen and oxygen atoms in total. The van der Waals surface area contributed by atoms with Crippen LogP contribution in [0.25, 0.3) is 27.7 Å². The first kappa shape index (κ1) is 19.5. The van der Waals surface area contributed by atoms with Crippen molar-refractivity contribution in [1.29, 1.82) is 0 Å². The zero-order valence-corrected chi connectivity index (χ0v) is 17.3. The predicted octanol–water partition coefficient (Wildman–Crippen LogP) is 5.79. The normalized spacial score (nSPS) is 14.3. The van der Waals surface area contributed by atoms with Crippen LogP contribution < -0.4 is 0 Å². The average molecular weight is 410 g/mol. The van der Waals surface area contributed by atoms with E-state index in [9.17, 15) is 4.39 Å². The molecule has 5 rings (SSSR count). The van der Waals surface area contributed by atoms with Gasteiger partial charge in [0.2, 0.25) is 0 Å². The molecule has 4 heteroatoms. The predicted molar refractivity (Wildman–Crippen MR) is 125 cm³/mol. The molecule has 0 spiro atoms. The number of rotatable bonds is 5. The average Bonchev–Trinajstić information content (AvgIpc) is 3.28. The molecule has 0 unspecified atom stereocenters. The first-order valence-electron chi connectivity index (χ1n) is 10.5. The molecule has 1 aliphatic heterocycles.